The summed E-state index contributed by atoms with van der Waals surface area (Å²) in [6.07, 6.45) is 2.88. The summed E-state index contributed by atoms with van der Waals surface area (Å²) < 4.78 is 10.5. The summed E-state index contributed by atoms with van der Waals surface area (Å²) in [6.45, 7) is 2.85. The third kappa shape index (κ3) is 1.98. The Bertz CT molecular complexity index is 286. The van der Waals surface area contributed by atoms with Gasteiger partial charge in [-0.2, -0.15) is 0 Å². The number of rotatable bonds is 2. The molecule has 2 bridgehead atoms. The van der Waals surface area contributed by atoms with Crippen molar-refractivity contribution in [2.45, 2.75) is 45.3 Å². The zero-order chi connectivity index (χ0) is 11.0. The van der Waals surface area contributed by atoms with E-state index in [0.717, 1.165) is 19.3 Å². The van der Waals surface area contributed by atoms with E-state index in [1.54, 1.807) is 0 Å². The molecule has 0 N–H and O–H groups in total. The van der Waals surface area contributed by atoms with Crippen molar-refractivity contribution in [3.8, 4) is 0 Å². The molecule has 0 amide bonds. The van der Waals surface area contributed by atoms with Gasteiger partial charge in [-0.3, -0.25) is 9.59 Å². The molecule has 4 atom stereocenters. The van der Waals surface area contributed by atoms with E-state index in [2.05, 4.69) is 0 Å². The molecule has 4 heteroatoms. The first-order valence-corrected chi connectivity index (χ1v) is 5.42. The van der Waals surface area contributed by atoms with E-state index in [1.165, 1.54) is 13.8 Å². The van der Waals surface area contributed by atoms with Crippen LogP contribution in [0.5, 0.6) is 0 Å². The van der Waals surface area contributed by atoms with Crippen molar-refractivity contribution in [2.75, 3.05) is 0 Å². The minimum Gasteiger partial charge on any atom is -0.462 e. The minimum atomic E-state index is -0.242. The number of hydrogen-bond acceptors (Lipinski definition) is 4. The van der Waals surface area contributed by atoms with Crippen LogP contribution >= 0.6 is 0 Å². The van der Waals surface area contributed by atoms with Gasteiger partial charge in [0.25, 0.3) is 0 Å². The van der Waals surface area contributed by atoms with Crippen molar-refractivity contribution in [1.82, 2.24) is 0 Å². The van der Waals surface area contributed by atoms with Gasteiger partial charge < -0.3 is 9.47 Å². The number of hydrogen-bond donors (Lipinski definition) is 0. The highest BCUT2D eigenvalue weighted by molar-refractivity contribution is 5.67. The normalized spacial score (nSPS) is 37.7. The summed E-state index contributed by atoms with van der Waals surface area (Å²) >= 11 is 0. The Labute approximate surface area is 88.9 Å². The Balaban J connectivity index is 1.99. The number of carbonyl (C=O) groups is 2. The average Bonchev–Trinajstić information content (AvgIpc) is 2.60. The van der Waals surface area contributed by atoms with E-state index in [4.69, 9.17) is 9.47 Å². The van der Waals surface area contributed by atoms with Crippen molar-refractivity contribution in [3.63, 3.8) is 0 Å². The van der Waals surface area contributed by atoms with E-state index in [0.29, 0.717) is 5.92 Å². The minimum absolute atomic E-state index is 0.0214. The SMILES string of the molecule is CC(=O)O[C@H]1[C@@H]2CC[C@@H]1[C@H](OC(C)=O)C2. The Kier molecular flexibility index (Phi) is 2.67. The molecule has 15 heavy (non-hydrogen) atoms. The molecule has 2 fully saturated rings. The largest absolute Gasteiger partial charge is 0.462 e. The Morgan fingerprint density at radius 3 is 2.33 bits per heavy atom. The lowest BCUT2D eigenvalue weighted by Gasteiger charge is -2.21. The topological polar surface area (TPSA) is 52.6 Å². The fourth-order valence-electron chi connectivity index (χ4n) is 2.93. The molecule has 0 heterocycles. The van der Waals surface area contributed by atoms with Crippen LogP contribution in [0.1, 0.15) is 33.1 Å². The highest BCUT2D eigenvalue weighted by Gasteiger charge is 2.51. The first-order valence-electron chi connectivity index (χ1n) is 5.42. The lowest BCUT2D eigenvalue weighted by atomic mass is 9.98. The van der Waals surface area contributed by atoms with E-state index in [-0.39, 0.29) is 30.1 Å². The van der Waals surface area contributed by atoms with Crippen molar-refractivity contribution in [2.24, 2.45) is 11.8 Å². The van der Waals surface area contributed by atoms with E-state index in [1.807, 2.05) is 0 Å². The van der Waals surface area contributed by atoms with Crippen LogP contribution in [-0.4, -0.2) is 24.1 Å². The Morgan fingerprint density at radius 1 is 1.07 bits per heavy atom. The van der Waals surface area contributed by atoms with Crippen LogP contribution in [0.15, 0.2) is 0 Å². The summed E-state index contributed by atoms with van der Waals surface area (Å²) in [5, 5.41) is 0. The van der Waals surface area contributed by atoms with Crippen molar-refractivity contribution in [3.05, 3.63) is 0 Å². The van der Waals surface area contributed by atoms with Crippen molar-refractivity contribution < 1.29 is 19.1 Å². The monoisotopic (exact) mass is 212 g/mol. The molecule has 0 aliphatic heterocycles. The zero-order valence-electron chi connectivity index (χ0n) is 9.06. The summed E-state index contributed by atoms with van der Waals surface area (Å²) in [6, 6.07) is 0. The van der Waals surface area contributed by atoms with E-state index in [9.17, 15) is 9.59 Å². The summed E-state index contributed by atoms with van der Waals surface area (Å²) in [7, 11) is 0. The molecule has 84 valence electrons. The van der Waals surface area contributed by atoms with Crippen LogP contribution in [0, 0.1) is 11.8 Å². The van der Waals surface area contributed by atoms with Gasteiger partial charge in [-0.15, -0.1) is 0 Å². The second-order valence-corrected chi connectivity index (χ2v) is 4.46. The smallest absolute Gasteiger partial charge is 0.302 e. The van der Waals surface area contributed by atoms with Gasteiger partial charge in [0, 0.05) is 19.8 Å². The van der Waals surface area contributed by atoms with Crippen LogP contribution in [0.4, 0.5) is 0 Å². The Morgan fingerprint density at radius 2 is 1.73 bits per heavy atom. The summed E-state index contributed by atoms with van der Waals surface area (Å²) in [4.78, 5) is 21.8. The van der Waals surface area contributed by atoms with Gasteiger partial charge in [0.1, 0.15) is 12.2 Å². The van der Waals surface area contributed by atoms with E-state index < -0.39 is 0 Å². The summed E-state index contributed by atoms with van der Waals surface area (Å²) in [5.74, 6) is 0.139. The van der Waals surface area contributed by atoms with E-state index >= 15 is 0 Å². The van der Waals surface area contributed by atoms with Gasteiger partial charge in [0.05, 0.1) is 0 Å². The lowest BCUT2D eigenvalue weighted by Crippen LogP contribution is -2.27. The fraction of sp³-hybridized carbons (Fsp3) is 0.818. The quantitative estimate of drug-likeness (QED) is 0.647. The number of carbonyl (C=O) groups excluding carboxylic acids is 2. The fourth-order valence-corrected chi connectivity index (χ4v) is 2.93. The van der Waals surface area contributed by atoms with Gasteiger partial charge in [0.2, 0.25) is 0 Å². The molecule has 0 radical (unpaired) electrons. The molecule has 4 nitrogen and oxygen atoms in total. The first kappa shape index (κ1) is 10.5. The maximum atomic E-state index is 10.9. The predicted octanol–water partition coefficient (Wildman–Crippen LogP) is 1.28. The molecule has 2 saturated carbocycles. The molecular formula is C11H16O4. The molecule has 0 aromatic rings. The number of esters is 2. The number of ether oxygens (including phenoxy) is 2. The maximum absolute atomic E-state index is 10.9. The van der Waals surface area contributed by atoms with Gasteiger partial charge in [-0.05, 0) is 25.2 Å². The summed E-state index contributed by atoms with van der Waals surface area (Å²) in [5.41, 5.74) is 0. The molecule has 0 aromatic heterocycles. The van der Waals surface area contributed by atoms with Crippen molar-refractivity contribution in [1.29, 1.82) is 0 Å². The van der Waals surface area contributed by atoms with Crippen LogP contribution in [0.2, 0.25) is 0 Å². The van der Waals surface area contributed by atoms with Crippen LogP contribution in [-0.2, 0) is 19.1 Å². The average molecular weight is 212 g/mol. The van der Waals surface area contributed by atoms with Gasteiger partial charge in [-0.25, -0.2) is 0 Å². The van der Waals surface area contributed by atoms with Crippen LogP contribution in [0.3, 0.4) is 0 Å². The molecule has 2 aliphatic carbocycles. The predicted molar refractivity (Wildman–Crippen MR) is 51.9 cm³/mol. The van der Waals surface area contributed by atoms with Crippen molar-refractivity contribution >= 4 is 11.9 Å². The number of fused-ring (bicyclic) bond motifs is 2. The van der Waals surface area contributed by atoms with Gasteiger partial charge in [-0.1, -0.05) is 0 Å². The first-order chi connectivity index (χ1) is 7.08. The molecule has 2 aliphatic rings. The molecule has 0 spiro atoms. The highest BCUT2D eigenvalue weighted by atomic mass is 16.6. The molecule has 0 unspecified atom stereocenters. The highest BCUT2D eigenvalue weighted by Crippen LogP contribution is 2.47. The zero-order valence-corrected chi connectivity index (χ0v) is 9.06. The van der Waals surface area contributed by atoms with Gasteiger partial charge in [0.15, 0.2) is 0 Å². The molecule has 0 saturated heterocycles. The van der Waals surface area contributed by atoms with Gasteiger partial charge >= 0.3 is 11.9 Å². The second kappa shape index (κ2) is 3.83. The van der Waals surface area contributed by atoms with Crippen LogP contribution in [0.25, 0.3) is 0 Å². The standard InChI is InChI=1S/C11H16O4/c1-6(12)14-10-5-8-3-4-9(10)11(8)15-7(2)13/h8-11H,3-5H2,1-2H3/t8-,9-,10-,11+/m1/s1. The Hall–Kier alpha value is -1.06. The van der Waals surface area contributed by atoms with Crippen LogP contribution < -0.4 is 0 Å². The second-order valence-electron chi connectivity index (χ2n) is 4.46. The maximum Gasteiger partial charge on any atom is 0.302 e. The molecule has 0 aromatic carbocycles. The molecular weight excluding hydrogens is 196 g/mol. The lowest BCUT2D eigenvalue weighted by molar-refractivity contribution is -0.152. The molecule has 2 rings (SSSR count). The third-order valence-electron chi connectivity index (χ3n) is 3.39. The third-order valence-corrected chi connectivity index (χ3v) is 3.39.